The maximum absolute atomic E-state index is 12.3. The van der Waals surface area contributed by atoms with E-state index in [0.717, 1.165) is 19.4 Å². The highest BCUT2D eigenvalue weighted by Gasteiger charge is 2.22. The summed E-state index contributed by atoms with van der Waals surface area (Å²) in [5.41, 5.74) is 0.645. The van der Waals surface area contributed by atoms with Crippen molar-refractivity contribution >= 4 is 23.6 Å². The summed E-state index contributed by atoms with van der Waals surface area (Å²) in [6, 6.07) is 8.43. The van der Waals surface area contributed by atoms with Crippen LogP contribution in [0.4, 0.5) is 16.4 Å². The minimum atomic E-state index is -0.262. The summed E-state index contributed by atoms with van der Waals surface area (Å²) in [6.07, 6.45) is 5.30. The van der Waals surface area contributed by atoms with Crippen molar-refractivity contribution in [3.63, 3.8) is 0 Å². The molecule has 1 fully saturated rings. The number of nitrogens with one attached hydrogen (secondary N) is 3. The van der Waals surface area contributed by atoms with E-state index in [1.165, 1.54) is 0 Å². The van der Waals surface area contributed by atoms with Crippen molar-refractivity contribution < 1.29 is 14.3 Å². The van der Waals surface area contributed by atoms with Crippen LogP contribution in [-0.4, -0.2) is 54.2 Å². The van der Waals surface area contributed by atoms with Crippen LogP contribution in [-0.2, 0) is 4.79 Å². The molecule has 1 saturated heterocycles. The number of urea groups is 1. The number of hydrogen-bond donors (Lipinski definition) is 3. The molecule has 0 aliphatic carbocycles. The number of aromatic nitrogens is 2. The summed E-state index contributed by atoms with van der Waals surface area (Å²) in [7, 11) is 0. The third-order valence-electron chi connectivity index (χ3n) is 4.45. The van der Waals surface area contributed by atoms with Crippen LogP contribution in [0, 0.1) is 0 Å². The number of hydrogen-bond acceptors (Lipinski definition) is 6. The Balaban J connectivity index is 1.46. The quantitative estimate of drug-likeness (QED) is 0.656. The molecule has 29 heavy (non-hydrogen) atoms. The van der Waals surface area contributed by atoms with E-state index in [1.807, 2.05) is 6.92 Å². The lowest BCUT2D eigenvalue weighted by molar-refractivity contribution is -0.122. The molecule has 2 heterocycles. The molecular weight excluding hydrogens is 372 g/mol. The van der Waals surface area contributed by atoms with Gasteiger partial charge in [-0.1, -0.05) is 0 Å². The SMILES string of the molecule is CCNC(=O)COc1ccc(NC(=O)NC2CCCN(c3ncccn3)C2)cc1. The first-order chi connectivity index (χ1) is 14.1. The molecular formula is C20H26N6O3. The van der Waals surface area contributed by atoms with E-state index in [9.17, 15) is 9.59 Å². The number of carbonyl (C=O) groups excluding carboxylic acids is 2. The average Bonchev–Trinajstić information content (AvgIpc) is 2.74. The van der Waals surface area contributed by atoms with E-state index >= 15 is 0 Å². The fraction of sp³-hybridized carbons (Fsp3) is 0.400. The molecule has 0 spiro atoms. The van der Waals surface area contributed by atoms with E-state index in [-0.39, 0.29) is 24.6 Å². The maximum atomic E-state index is 12.3. The van der Waals surface area contributed by atoms with E-state index in [4.69, 9.17) is 4.74 Å². The summed E-state index contributed by atoms with van der Waals surface area (Å²) < 4.78 is 5.40. The van der Waals surface area contributed by atoms with E-state index < -0.39 is 0 Å². The monoisotopic (exact) mass is 398 g/mol. The molecule has 3 amide bonds. The van der Waals surface area contributed by atoms with E-state index in [0.29, 0.717) is 30.5 Å². The fourth-order valence-electron chi connectivity index (χ4n) is 3.12. The summed E-state index contributed by atoms with van der Waals surface area (Å²) in [4.78, 5) is 34.4. The van der Waals surface area contributed by atoms with Crippen LogP contribution >= 0.6 is 0 Å². The average molecular weight is 398 g/mol. The minimum absolute atomic E-state index is 0.0206. The summed E-state index contributed by atoms with van der Waals surface area (Å²) in [5, 5.41) is 8.49. The number of anilines is 2. The van der Waals surface area contributed by atoms with E-state index in [1.54, 1.807) is 42.7 Å². The zero-order valence-electron chi connectivity index (χ0n) is 16.4. The number of amides is 3. The molecule has 0 saturated carbocycles. The maximum Gasteiger partial charge on any atom is 0.319 e. The highest BCUT2D eigenvalue weighted by molar-refractivity contribution is 5.89. The van der Waals surface area contributed by atoms with Gasteiger partial charge in [-0.25, -0.2) is 14.8 Å². The highest BCUT2D eigenvalue weighted by atomic mass is 16.5. The summed E-state index contributed by atoms with van der Waals surface area (Å²) >= 11 is 0. The molecule has 0 bridgehead atoms. The Labute approximate surface area is 169 Å². The molecule has 3 rings (SSSR count). The van der Waals surface area contributed by atoms with Crippen molar-refractivity contribution in [1.29, 1.82) is 0 Å². The van der Waals surface area contributed by atoms with Crippen molar-refractivity contribution in [2.24, 2.45) is 0 Å². The van der Waals surface area contributed by atoms with Crippen molar-refractivity contribution in [3.8, 4) is 5.75 Å². The van der Waals surface area contributed by atoms with Crippen LogP contribution in [0.1, 0.15) is 19.8 Å². The van der Waals surface area contributed by atoms with Gasteiger partial charge in [-0.3, -0.25) is 4.79 Å². The number of piperidine rings is 1. The number of likely N-dealkylation sites (N-methyl/N-ethyl adjacent to an activating group) is 1. The van der Waals surface area contributed by atoms with Gasteiger partial charge in [-0.2, -0.15) is 0 Å². The first kappa shape index (κ1) is 20.4. The van der Waals surface area contributed by atoms with Crippen molar-refractivity contribution in [1.82, 2.24) is 20.6 Å². The number of benzene rings is 1. The van der Waals surface area contributed by atoms with Crippen molar-refractivity contribution in [2.45, 2.75) is 25.8 Å². The van der Waals surface area contributed by atoms with Gasteiger partial charge in [0.2, 0.25) is 5.95 Å². The zero-order valence-corrected chi connectivity index (χ0v) is 16.4. The molecule has 1 aliphatic heterocycles. The second kappa shape index (κ2) is 10.3. The largest absolute Gasteiger partial charge is 0.484 e. The van der Waals surface area contributed by atoms with Crippen LogP contribution in [0.25, 0.3) is 0 Å². The molecule has 9 heteroatoms. The fourth-order valence-corrected chi connectivity index (χ4v) is 3.12. The molecule has 1 unspecified atom stereocenters. The first-order valence-electron chi connectivity index (χ1n) is 9.73. The molecule has 2 aromatic rings. The Hall–Kier alpha value is -3.36. The van der Waals surface area contributed by atoms with Gasteiger partial charge in [-0.05, 0) is 50.1 Å². The van der Waals surface area contributed by atoms with Crippen LogP contribution < -0.4 is 25.6 Å². The predicted molar refractivity (Wildman–Crippen MR) is 110 cm³/mol. The van der Waals surface area contributed by atoms with Gasteiger partial charge in [0.15, 0.2) is 6.61 Å². The second-order valence-electron chi connectivity index (χ2n) is 6.70. The Morgan fingerprint density at radius 1 is 1.21 bits per heavy atom. The molecule has 9 nitrogen and oxygen atoms in total. The van der Waals surface area contributed by atoms with Gasteiger partial charge in [0, 0.05) is 43.8 Å². The van der Waals surface area contributed by atoms with Crippen LogP contribution in [0.15, 0.2) is 42.7 Å². The third kappa shape index (κ3) is 6.34. The standard InChI is InChI=1S/C20H26N6O3/c1-2-21-18(27)14-29-17-8-6-15(7-9-17)24-20(28)25-16-5-3-12-26(13-16)19-22-10-4-11-23-19/h4,6-11,16H,2-3,5,12-14H2,1H3,(H,21,27)(H2,24,25,28). The van der Waals surface area contributed by atoms with Crippen molar-refractivity contribution in [2.75, 3.05) is 36.5 Å². The summed E-state index contributed by atoms with van der Waals surface area (Å²) in [6.45, 7) is 3.93. The molecule has 3 N–H and O–H groups in total. The molecule has 1 aliphatic rings. The van der Waals surface area contributed by atoms with Gasteiger partial charge >= 0.3 is 6.03 Å². The predicted octanol–water partition coefficient (Wildman–Crippen LogP) is 1.78. The first-order valence-corrected chi connectivity index (χ1v) is 9.73. The van der Waals surface area contributed by atoms with Gasteiger partial charge in [0.25, 0.3) is 5.91 Å². The lowest BCUT2D eigenvalue weighted by Crippen LogP contribution is -2.49. The molecule has 0 radical (unpaired) electrons. The molecule has 1 aromatic heterocycles. The molecule has 1 atom stereocenters. The Kier molecular flexibility index (Phi) is 7.21. The van der Waals surface area contributed by atoms with Crippen LogP contribution in [0.2, 0.25) is 0 Å². The van der Waals surface area contributed by atoms with Gasteiger partial charge in [0.05, 0.1) is 0 Å². The van der Waals surface area contributed by atoms with Crippen LogP contribution in [0.3, 0.4) is 0 Å². The Bertz CT molecular complexity index is 800. The lowest BCUT2D eigenvalue weighted by atomic mass is 10.1. The lowest BCUT2D eigenvalue weighted by Gasteiger charge is -2.33. The summed E-state index contributed by atoms with van der Waals surface area (Å²) in [5.74, 6) is 1.08. The van der Waals surface area contributed by atoms with Crippen LogP contribution in [0.5, 0.6) is 5.75 Å². The number of nitrogens with zero attached hydrogens (tertiary/aromatic N) is 3. The number of rotatable bonds is 7. The normalized spacial score (nSPS) is 16.0. The topological polar surface area (TPSA) is 108 Å². The van der Waals surface area contributed by atoms with Gasteiger partial charge in [-0.15, -0.1) is 0 Å². The van der Waals surface area contributed by atoms with Gasteiger partial charge < -0.3 is 25.6 Å². The Morgan fingerprint density at radius 2 is 1.97 bits per heavy atom. The number of carbonyl (C=O) groups is 2. The second-order valence-corrected chi connectivity index (χ2v) is 6.70. The molecule has 154 valence electrons. The van der Waals surface area contributed by atoms with Gasteiger partial charge in [0.1, 0.15) is 5.75 Å². The highest BCUT2D eigenvalue weighted by Crippen LogP contribution is 2.17. The van der Waals surface area contributed by atoms with E-state index in [2.05, 4.69) is 30.8 Å². The zero-order chi connectivity index (χ0) is 20.5. The van der Waals surface area contributed by atoms with Crippen molar-refractivity contribution in [3.05, 3.63) is 42.7 Å². The minimum Gasteiger partial charge on any atom is -0.484 e. The third-order valence-corrected chi connectivity index (χ3v) is 4.45. The Morgan fingerprint density at radius 3 is 2.69 bits per heavy atom. The number of ether oxygens (including phenoxy) is 1. The molecule has 1 aromatic carbocycles. The smallest absolute Gasteiger partial charge is 0.319 e.